The number of nitrogens with zero attached hydrogens (tertiary/aromatic N) is 1. The van der Waals surface area contributed by atoms with Crippen LogP contribution in [-0.2, 0) is 4.74 Å². The zero-order valence-corrected chi connectivity index (χ0v) is 11.2. The molecule has 1 aliphatic rings. The Morgan fingerprint density at radius 2 is 2.32 bits per heavy atom. The first kappa shape index (κ1) is 14.0. The first-order valence-corrected chi connectivity index (χ1v) is 6.42. The number of rotatable bonds is 2. The second-order valence-corrected chi connectivity index (χ2v) is 4.93. The van der Waals surface area contributed by atoms with E-state index in [0.717, 1.165) is 0 Å². The minimum atomic E-state index is -0.449. The fourth-order valence-electron chi connectivity index (χ4n) is 2.21. The number of hydrogen-bond donors (Lipinski definition) is 1. The molecule has 1 aromatic carbocycles. The number of nitrogens with two attached hydrogens (primary N) is 1. The van der Waals surface area contributed by atoms with Gasteiger partial charge in [-0.15, -0.1) is 0 Å². The number of morpholine rings is 1. The number of carbonyl (C=O) groups excluding carboxylic acids is 1. The molecule has 0 bridgehead atoms. The van der Waals surface area contributed by atoms with Gasteiger partial charge in [0.1, 0.15) is 5.82 Å². The van der Waals surface area contributed by atoms with Gasteiger partial charge in [0.2, 0.25) is 0 Å². The second kappa shape index (κ2) is 5.67. The Labute approximate surface area is 112 Å². The van der Waals surface area contributed by atoms with E-state index in [9.17, 15) is 9.18 Å². The van der Waals surface area contributed by atoms with Crippen molar-refractivity contribution in [2.24, 2.45) is 5.73 Å². The van der Waals surface area contributed by atoms with Crippen LogP contribution in [0, 0.1) is 12.7 Å². The summed E-state index contributed by atoms with van der Waals surface area (Å²) in [5, 5.41) is 0. The lowest BCUT2D eigenvalue weighted by atomic mass is 10.1. The summed E-state index contributed by atoms with van der Waals surface area (Å²) in [7, 11) is 0. The van der Waals surface area contributed by atoms with Crippen LogP contribution in [-0.4, -0.2) is 42.6 Å². The Morgan fingerprint density at radius 1 is 1.58 bits per heavy atom. The maximum Gasteiger partial charge on any atom is 0.257 e. The lowest BCUT2D eigenvalue weighted by Crippen LogP contribution is -2.53. The third-order valence-electron chi connectivity index (χ3n) is 3.45. The summed E-state index contributed by atoms with van der Waals surface area (Å²) in [6.07, 6.45) is -0.173. The molecule has 5 heteroatoms. The lowest BCUT2D eigenvalue weighted by Gasteiger charge is -2.37. The average Bonchev–Trinajstić information content (AvgIpc) is 2.42. The van der Waals surface area contributed by atoms with Crippen LogP contribution < -0.4 is 5.73 Å². The molecule has 2 unspecified atom stereocenters. The average molecular weight is 266 g/mol. The van der Waals surface area contributed by atoms with Crippen molar-refractivity contribution >= 4 is 5.91 Å². The van der Waals surface area contributed by atoms with Gasteiger partial charge in [-0.3, -0.25) is 4.79 Å². The molecule has 2 rings (SSSR count). The van der Waals surface area contributed by atoms with Crippen molar-refractivity contribution in [2.45, 2.75) is 26.0 Å². The van der Waals surface area contributed by atoms with Gasteiger partial charge in [-0.25, -0.2) is 4.39 Å². The van der Waals surface area contributed by atoms with Gasteiger partial charge < -0.3 is 15.4 Å². The van der Waals surface area contributed by atoms with Crippen molar-refractivity contribution in [2.75, 3.05) is 19.7 Å². The Balaban J connectivity index is 2.24. The molecule has 2 N–H and O–H groups in total. The van der Waals surface area contributed by atoms with E-state index in [0.29, 0.717) is 25.3 Å². The Morgan fingerprint density at radius 3 is 3.00 bits per heavy atom. The fraction of sp³-hybridized carbons (Fsp3) is 0.500. The minimum Gasteiger partial charge on any atom is -0.373 e. The quantitative estimate of drug-likeness (QED) is 0.878. The summed E-state index contributed by atoms with van der Waals surface area (Å²) in [6.45, 7) is 4.73. The van der Waals surface area contributed by atoms with Crippen LogP contribution >= 0.6 is 0 Å². The molecule has 1 aromatic rings. The molecule has 104 valence electrons. The first-order valence-electron chi connectivity index (χ1n) is 6.42. The summed E-state index contributed by atoms with van der Waals surface area (Å²) in [6, 6.07) is 4.79. The number of ether oxygens (including phenoxy) is 1. The van der Waals surface area contributed by atoms with Crippen molar-refractivity contribution in [3.8, 4) is 0 Å². The SMILES string of the molecule is Cc1cccc(C(=O)N2CC(CN)OCC2C)c1F. The smallest absolute Gasteiger partial charge is 0.257 e. The van der Waals surface area contributed by atoms with Gasteiger partial charge in [0.05, 0.1) is 24.3 Å². The van der Waals surface area contributed by atoms with Crippen LogP contribution in [0.15, 0.2) is 18.2 Å². The predicted octanol–water partition coefficient (Wildman–Crippen LogP) is 1.32. The van der Waals surface area contributed by atoms with Gasteiger partial charge in [-0.05, 0) is 25.5 Å². The molecule has 1 heterocycles. The van der Waals surface area contributed by atoms with Gasteiger partial charge in [-0.1, -0.05) is 12.1 Å². The number of amides is 1. The first-order chi connectivity index (χ1) is 9.04. The van der Waals surface area contributed by atoms with E-state index in [4.69, 9.17) is 10.5 Å². The van der Waals surface area contributed by atoms with Crippen LogP contribution in [0.5, 0.6) is 0 Å². The number of aryl methyl sites for hydroxylation is 1. The zero-order valence-electron chi connectivity index (χ0n) is 11.2. The molecule has 1 aliphatic heterocycles. The zero-order chi connectivity index (χ0) is 14.0. The molecule has 0 aliphatic carbocycles. The molecule has 2 atom stereocenters. The van der Waals surface area contributed by atoms with Crippen molar-refractivity contribution in [1.82, 2.24) is 4.90 Å². The summed E-state index contributed by atoms with van der Waals surface area (Å²) in [5.41, 5.74) is 6.16. The van der Waals surface area contributed by atoms with E-state index in [1.165, 1.54) is 6.07 Å². The molecule has 1 fully saturated rings. The molecule has 19 heavy (non-hydrogen) atoms. The Kier molecular flexibility index (Phi) is 4.17. The molecule has 0 saturated carbocycles. The van der Waals surface area contributed by atoms with E-state index in [1.54, 1.807) is 24.0 Å². The van der Waals surface area contributed by atoms with Gasteiger partial charge >= 0.3 is 0 Å². The monoisotopic (exact) mass is 266 g/mol. The summed E-state index contributed by atoms with van der Waals surface area (Å²) in [5.74, 6) is -0.744. The maximum atomic E-state index is 14.0. The molecule has 1 amide bonds. The third-order valence-corrected chi connectivity index (χ3v) is 3.45. The molecule has 1 saturated heterocycles. The second-order valence-electron chi connectivity index (χ2n) is 4.93. The molecule has 0 radical (unpaired) electrons. The highest BCUT2D eigenvalue weighted by molar-refractivity contribution is 5.95. The Hall–Kier alpha value is -1.46. The normalized spacial score (nSPS) is 23.5. The number of hydrogen-bond acceptors (Lipinski definition) is 3. The van der Waals surface area contributed by atoms with Crippen LogP contribution in [0.2, 0.25) is 0 Å². The van der Waals surface area contributed by atoms with Crippen molar-refractivity contribution in [3.05, 3.63) is 35.1 Å². The van der Waals surface area contributed by atoms with Crippen LogP contribution in [0.3, 0.4) is 0 Å². The highest BCUT2D eigenvalue weighted by Gasteiger charge is 2.30. The van der Waals surface area contributed by atoms with Crippen molar-refractivity contribution in [3.63, 3.8) is 0 Å². The predicted molar refractivity (Wildman–Crippen MR) is 70.4 cm³/mol. The Bertz CT molecular complexity index is 479. The molecular weight excluding hydrogens is 247 g/mol. The highest BCUT2D eigenvalue weighted by Crippen LogP contribution is 2.19. The summed E-state index contributed by atoms with van der Waals surface area (Å²) in [4.78, 5) is 14.1. The molecule has 0 spiro atoms. The molecule has 4 nitrogen and oxygen atoms in total. The van der Waals surface area contributed by atoms with E-state index in [-0.39, 0.29) is 23.6 Å². The summed E-state index contributed by atoms with van der Waals surface area (Å²) < 4.78 is 19.5. The van der Waals surface area contributed by atoms with Gasteiger partial charge in [0.25, 0.3) is 5.91 Å². The van der Waals surface area contributed by atoms with E-state index in [2.05, 4.69) is 0 Å². The number of halogens is 1. The fourth-order valence-corrected chi connectivity index (χ4v) is 2.21. The van der Waals surface area contributed by atoms with Gasteiger partial charge in [0, 0.05) is 13.1 Å². The van der Waals surface area contributed by atoms with Crippen molar-refractivity contribution < 1.29 is 13.9 Å². The minimum absolute atomic E-state index is 0.0739. The number of benzene rings is 1. The largest absolute Gasteiger partial charge is 0.373 e. The number of carbonyl (C=O) groups is 1. The maximum absolute atomic E-state index is 14.0. The van der Waals surface area contributed by atoms with Crippen LogP contribution in [0.4, 0.5) is 4.39 Å². The van der Waals surface area contributed by atoms with E-state index in [1.807, 2.05) is 6.92 Å². The standard InChI is InChI=1S/C14H19FN2O2/c1-9-4-3-5-12(13(9)15)14(18)17-7-11(6-16)19-8-10(17)2/h3-5,10-11H,6-8,16H2,1-2H3. The topological polar surface area (TPSA) is 55.6 Å². The van der Waals surface area contributed by atoms with E-state index >= 15 is 0 Å². The summed E-state index contributed by atoms with van der Waals surface area (Å²) >= 11 is 0. The third kappa shape index (κ3) is 2.77. The molecule has 0 aromatic heterocycles. The van der Waals surface area contributed by atoms with E-state index < -0.39 is 5.82 Å². The van der Waals surface area contributed by atoms with Gasteiger partial charge in [0.15, 0.2) is 0 Å². The van der Waals surface area contributed by atoms with Crippen LogP contribution in [0.25, 0.3) is 0 Å². The molecular formula is C14H19FN2O2. The lowest BCUT2D eigenvalue weighted by molar-refractivity contribution is -0.0427. The van der Waals surface area contributed by atoms with Gasteiger partial charge in [-0.2, -0.15) is 0 Å². The van der Waals surface area contributed by atoms with Crippen molar-refractivity contribution in [1.29, 1.82) is 0 Å². The van der Waals surface area contributed by atoms with Crippen LogP contribution in [0.1, 0.15) is 22.8 Å². The highest BCUT2D eigenvalue weighted by atomic mass is 19.1.